The highest BCUT2D eigenvalue weighted by atomic mass is 35.5. The van der Waals surface area contributed by atoms with Crippen molar-refractivity contribution in [3.8, 4) is 0 Å². The van der Waals surface area contributed by atoms with Crippen LogP contribution in [-0.4, -0.2) is 48.6 Å². The van der Waals surface area contributed by atoms with E-state index in [1.54, 1.807) is 0 Å². The predicted molar refractivity (Wildman–Crippen MR) is 96.4 cm³/mol. The molecular weight excluding hydrogens is 347 g/mol. The molecule has 8 heteroatoms. The van der Waals surface area contributed by atoms with Gasteiger partial charge in [0.15, 0.2) is 0 Å². The monoisotopic (exact) mass is 370 g/mol. The Bertz CT molecular complexity index is 585. The first kappa shape index (κ1) is 19.5. The van der Waals surface area contributed by atoms with Crippen molar-refractivity contribution >= 4 is 30.0 Å². The van der Waals surface area contributed by atoms with E-state index in [1.807, 2.05) is 4.90 Å². The number of amides is 3. The number of hydrogen-bond acceptors (Lipinski definition) is 3. The lowest BCUT2D eigenvalue weighted by Gasteiger charge is -2.33. The van der Waals surface area contributed by atoms with E-state index >= 15 is 0 Å². The van der Waals surface area contributed by atoms with Gasteiger partial charge in [-0.05, 0) is 56.5 Å². The van der Waals surface area contributed by atoms with E-state index in [0.717, 1.165) is 32.2 Å². The summed E-state index contributed by atoms with van der Waals surface area (Å²) in [6.45, 7) is 2.25. The highest BCUT2D eigenvalue weighted by Crippen LogP contribution is 2.15. The minimum Gasteiger partial charge on any atom is -0.341 e. The minimum atomic E-state index is -0.338. The summed E-state index contributed by atoms with van der Waals surface area (Å²) >= 11 is 0. The molecule has 6 nitrogen and oxygen atoms in total. The lowest BCUT2D eigenvalue weighted by Crippen LogP contribution is -2.51. The smallest absolute Gasteiger partial charge is 0.319 e. The van der Waals surface area contributed by atoms with Crippen LogP contribution in [0.15, 0.2) is 24.3 Å². The predicted octanol–water partition coefficient (Wildman–Crippen LogP) is 2.11. The van der Waals surface area contributed by atoms with Gasteiger partial charge in [0.25, 0.3) is 0 Å². The van der Waals surface area contributed by atoms with Gasteiger partial charge in [0.05, 0.1) is 6.04 Å². The average molecular weight is 371 g/mol. The van der Waals surface area contributed by atoms with Crippen molar-refractivity contribution in [1.82, 2.24) is 15.5 Å². The number of urea groups is 1. The third-order valence-corrected chi connectivity index (χ3v) is 4.60. The summed E-state index contributed by atoms with van der Waals surface area (Å²) in [6, 6.07) is 5.36. The number of nitrogens with zero attached hydrogens (tertiary/aromatic N) is 1. The fourth-order valence-corrected chi connectivity index (χ4v) is 3.25. The molecule has 1 aromatic carbocycles. The Labute approximate surface area is 152 Å². The molecule has 25 heavy (non-hydrogen) atoms. The number of halogens is 2. The Hall–Kier alpha value is -1.86. The van der Waals surface area contributed by atoms with Gasteiger partial charge in [0.1, 0.15) is 5.82 Å². The standard InChI is InChI=1S/C17H23FN4O2.ClH/c18-12-3-5-13(6-4-12)20-17(24)21-14-7-10-22(11-8-14)16(23)15-2-1-9-19-15;/h3-6,14-15,19H,1-2,7-11H2,(H2,20,21,24);1H. The number of rotatable bonds is 3. The van der Waals surface area contributed by atoms with E-state index in [2.05, 4.69) is 16.0 Å². The zero-order valence-corrected chi connectivity index (χ0v) is 14.8. The van der Waals surface area contributed by atoms with Crippen molar-refractivity contribution in [1.29, 1.82) is 0 Å². The van der Waals surface area contributed by atoms with Gasteiger partial charge in [-0.25, -0.2) is 9.18 Å². The molecule has 138 valence electrons. The van der Waals surface area contributed by atoms with E-state index < -0.39 is 0 Å². The minimum absolute atomic E-state index is 0. The number of likely N-dealkylation sites (tertiary alicyclic amines) is 1. The summed E-state index contributed by atoms with van der Waals surface area (Å²) in [5, 5.41) is 8.83. The number of carbonyl (C=O) groups excluding carboxylic acids is 2. The third kappa shape index (κ3) is 5.31. The fraction of sp³-hybridized carbons (Fsp3) is 0.529. The molecule has 3 N–H and O–H groups in total. The van der Waals surface area contributed by atoms with Crippen molar-refractivity contribution in [2.45, 2.75) is 37.8 Å². The van der Waals surface area contributed by atoms with Gasteiger partial charge >= 0.3 is 6.03 Å². The molecule has 2 fully saturated rings. The van der Waals surface area contributed by atoms with E-state index in [-0.39, 0.29) is 42.2 Å². The van der Waals surface area contributed by atoms with Crippen LogP contribution in [0.2, 0.25) is 0 Å². The largest absolute Gasteiger partial charge is 0.341 e. The first-order chi connectivity index (χ1) is 11.6. The number of benzene rings is 1. The van der Waals surface area contributed by atoms with Crippen LogP contribution < -0.4 is 16.0 Å². The topological polar surface area (TPSA) is 73.5 Å². The van der Waals surface area contributed by atoms with Crippen LogP contribution in [0.3, 0.4) is 0 Å². The Kier molecular flexibility index (Phi) is 7.01. The normalized spacial score (nSPS) is 20.7. The molecule has 2 heterocycles. The summed E-state index contributed by atoms with van der Waals surface area (Å²) < 4.78 is 12.8. The Balaban J connectivity index is 0.00000225. The summed E-state index contributed by atoms with van der Waals surface area (Å²) in [5.41, 5.74) is 0.550. The average Bonchev–Trinajstić information content (AvgIpc) is 3.11. The number of nitrogens with one attached hydrogen (secondary N) is 3. The van der Waals surface area contributed by atoms with E-state index in [1.165, 1.54) is 24.3 Å². The van der Waals surface area contributed by atoms with Crippen LogP contribution in [0, 0.1) is 5.82 Å². The molecule has 0 bridgehead atoms. The Morgan fingerprint density at radius 1 is 1.12 bits per heavy atom. The van der Waals surface area contributed by atoms with Crippen LogP contribution in [0.25, 0.3) is 0 Å². The highest BCUT2D eigenvalue weighted by Gasteiger charge is 2.30. The van der Waals surface area contributed by atoms with Crippen molar-refractivity contribution < 1.29 is 14.0 Å². The molecule has 0 radical (unpaired) electrons. The molecule has 3 rings (SSSR count). The summed E-state index contributed by atoms with van der Waals surface area (Å²) in [7, 11) is 0. The molecule has 0 spiro atoms. The molecule has 2 aliphatic rings. The third-order valence-electron chi connectivity index (χ3n) is 4.60. The summed E-state index contributed by atoms with van der Waals surface area (Å²) in [6.07, 6.45) is 3.46. The number of carbonyl (C=O) groups is 2. The van der Waals surface area contributed by atoms with Crippen LogP contribution >= 0.6 is 12.4 Å². The number of anilines is 1. The molecule has 2 aliphatic heterocycles. The maximum Gasteiger partial charge on any atom is 0.319 e. The first-order valence-electron chi connectivity index (χ1n) is 8.47. The lowest BCUT2D eigenvalue weighted by atomic mass is 10.0. The lowest BCUT2D eigenvalue weighted by molar-refractivity contribution is -0.134. The van der Waals surface area contributed by atoms with Gasteiger partial charge in [-0.2, -0.15) is 0 Å². The zero-order valence-electron chi connectivity index (χ0n) is 14.0. The Morgan fingerprint density at radius 2 is 1.80 bits per heavy atom. The number of piperidine rings is 1. The first-order valence-corrected chi connectivity index (χ1v) is 8.47. The molecule has 0 saturated carbocycles. The quantitative estimate of drug-likeness (QED) is 0.763. The van der Waals surface area contributed by atoms with Crippen LogP contribution in [0.5, 0.6) is 0 Å². The van der Waals surface area contributed by atoms with Crippen molar-refractivity contribution in [3.63, 3.8) is 0 Å². The van der Waals surface area contributed by atoms with Gasteiger partial charge in [-0.15, -0.1) is 12.4 Å². The molecule has 2 saturated heterocycles. The van der Waals surface area contributed by atoms with Crippen molar-refractivity contribution in [2.75, 3.05) is 25.0 Å². The van der Waals surface area contributed by atoms with Crippen LogP contribution in [-0.2, 0) is 4.79 Å². The van der Waals surface area contributed by atoms with E-state index in [4.69, 9.17) is 0 Å². The highest BCUT2D eigenvalue weighted by molar-refractivity contribution is 5.89. The molecule has 1 unspecified atom stereocenters. The van der Waals surface area contributed by atoms with Crippen LogP contribution in [0.4, 0.5) is 14.9 Å². The van der Waals surface area contributed by atoms with Gasteiger partial charge < -0.3 is 20.9 Å². The SMILES string of the molecule is Cl.O=C(Nc1ccc(F)cc1)NC1CCN(C(=O)C2CCCN2)CC1. The fourth-order valence-electron chi connectivity index (χ4n) is 3.25. The summed E-state index contributed by atoms with van der Waals surface area (Å²) in [4.78, 5) is 26.2. The Morgan fingerprint density at radius 3 is 2.40 bits per heavy atom. The van der Waals surface area contributed by atoms with E-state index in [9.17, 15) is 14.0 Å². The second-order valence-electron chi connectivity index (χ2n) is 6.35. The van der Waals surface area contributed by atoms with E-state index in [0.29, 0.717) is 18.8 Å². The van der Waals surface area contributed by atoms with Gasteiger partial charge in [0, 0.05) is 24.8 Å². The molecule has 1 atom stereocenters. The molecule has 1 aromatic rings. The molecule has 0 aromatic heterocycles. The molecule has 0 aliphatic carbocycles. The maximum atomic E-state index is 12.8. The summed E-state index contributed by atoms with van der Waals surface area (Å²) in [5.74, 6) is -0.156. The second kappa shape index (κ2) is 9.01. The van der Waals surface area contributed by atoms with Crippen molar-refractivity contribution in [2.24, 2.45) is 0 Å². The maximum absolute atomic E-state index is 12.8. The van der Waals surface area contributed by atoms with Gasteiger partial charge in [-0.1, -0.05) is 0 Å². The number of hydrogen-bond donors (Lipinski definition) is 3. The van der Waals surface area contributed by atoms with Gasteiger partial charge in [0.2, 0.25) is 5.91 Å². The van der Waals surface area contributed by atoms with Gasteiger partial charge in [-0.3, -0.25) is 4.79 Å². The van der Waals surface area contributed by atoms with Crippen LogP contribution in [0.1, 0.15) is 25.7 Å². The molecular formula is C17H24ClFN4O2. The zero-order chi connectivity index (χ0) is 16.9. The van der Waals surface area contributed by atoms with Crippen molar-refractivity contribution in [3.05, 3.63) is 30.1 Å². The molecule has 3 amide bonds. The second-order valence-corrected chi connectivity index (χ2v) is 6.35.